The maximum absolute atomic E-state index is 6.18. The van der Waals surface area contributed by atoms with Gasteiger partial charge in [0.25, 0.3) is 0 Å². The number of ether oxygens (including phenoxy) is 1. The van der Waals surface area contributed by atoms with Gasteiger partial charge in [-0.2, -0.15) is 0 Å². The molecule has 0 radical (unpaired) electrons. The van der Waals surface area contributed by atoms with Gasteiger partial charge in [0.05, 0.1) is 10.0 Å². The topological polar surface area (TPSA) is 21.3 Å². The molecule has 0 fully saturated rings. The van der Waals surface area contributed by atoms with Crippen LogP contribution in [0.25, 0.3) is 0 Å². The van der Waals surface area contributed by atoms with Crippen LogP contribution in [0, 0.1) is 0 Å². The van der Waals surface area contributed by atoms with E-state index in [0.717, 1.165) is 16.6 Å². The van der Waals surface area contributed by atoms with Crippen molar-refractivity contribution in [2.75, 3.05) is 7.05 Å². The van der Waals surface area contributed by atoms with E-state index in [2.05, 4.69) is 34.2 Å². The highest BCUT2D eigenvalue weighted by Crippen LogP contribution is 2.37. The van der Waals surface area contributed by atoms with Crippen LogP contribution in [0.15, 0.2) is 40.9 Å². The van der Waals surface area contributed by atoms with Crippen molar-refractivity contribution in [3.8, 4) is 11.5 Å². The van der Waals surface area contributed by atoms with Crippen LogP contribution in [0.1, 0.15) is 24.9 Å². The van der Waals surface area contributed by atoms with Crippen LogP contribution < -0.4 is 10.1 Å². The first kappa shape index (κ1) is 16.6. The number of nitrogens with one attached hydrogen (secondary N) is 1. The summed E-state index contributed by atoms with van der Waals surface area (Å²) in [6.07, 6.45) is 1.00. The summed E-state index contributed by atoms with van der Waals surface area (Å²) in [5, 5.41) is 4.35. The largest absolute Gasteiger partial charge is 0.456 e. The second kappa shape index (κ2) is 7.50. The Morgan fingerprint density at radius 1 is 1.19 bits per heavy atom. The van der Waals surface area contributed by atoms with E-state index in [1.807, 2.05) is 25.2 Å². The Balaban J connectivity index is 2.28. The van der Waals surface area contributed by atoms with Crippen molar-refractivity contribution in [3.63, 3.8) is 0 Å². The van der Waals surface area contributed by atoms with E-state index in [9.17, 15) is 0 Å². The predicted molar refractivity (Wildman–Crippen MR) is 92.8 cm³/mol. The lowest BCUT2D eigenvalue weighted by Crippen LogP contribution is -2.14. The zero-order valence-corrected chi connectivity index (χ0v) is 14.9. The third-order valence-corrected chi connectivity index (χ3v) is 4.71. The fourth-order valence-corrected chi connectivity index (χ4v) is 2.94. The molecule has 2 aromatic carbocycles. The van der Waals surface area contributed by atoms with E-state index in [0.29, 0.717) is 21.8 Å². The van der Waals surface area contributed by atoms with Crippen molar-refractivity contribution in [1.82, 2.24) is 5.32 Å². The quantitative estimate of drug-likeness (QED) is 0.614. The molecule has 1 unspecified atom stereocenters. The lowest BCUT2D eigenvalue weighted by atomic mass is 10.0. The molecule has 0 heterocycles. The molecule has 1 atom stereocenters. The fourth-order valence-electron chi connectivity index (χ4n) is 2.11. The summed E-state index contributed by atoms with van der Waals surface area (Å²) in [4.78, 5) is 0. The Labute approximate surface area is 143 Å². The van der Waals surface area contributed by atoms with E-state index in [1.54, 1.807) is 12.1 Å². The van der Waals surface area contributed by atoms with Gasteiger partial charge >= 0.3 is 0 Å². The first-order valence-electron chi connectivity index (χ1n) is 6.64. The molecule has 0 saturated heterocycles. The molecule has 0 aliphatic carbocycles. The molecule has 0 bridgehead atoms. The minimum absolute atomic E-state index is 0.303. The standard InChI is InChI=1S/C16H16BrCl2NO/c1-3-15(20-2)10-5-4-6-11(7-10)21-16-9-13(18)12(17)8-14(16)19/h4-9,15,20H,3H2,1-2H3. The molecule has 21 heavy (non-hydrogen) atoms. The number of hydrogen-bond acceptors (Lipinski definition) is 2. The fraction of sp³-hybridized carbons (Fsp3) is 0.250. The van der Waals surface area contributed by atoms with E-state index < -0.39 is 0 Å². The first-order chi connectivity index (χ1) is 10.0. The van der Waals surface area contributed by atoms with Crippen molar-refractivity contribution in [2.24, 2.45) is 0 Å². The molecule has 112 valence electrons. The maximum Gasteiger partial charge on any atom is 0.147 e. The van der Waals surface area contributed by atoms with Crippen LogP contribution in [0.2, 0.25) is 10.0 Å². The van der Waals surface area contributed by atoms with Crippen molar-refractivity contribution in [1.29, 1.82) is 0 Å². The Hall–Kier alpha value is -0.740. The van der Waals surface area contributed by atoms with Crippen LogP contribution >= 0.6 is 39.1 Å². The number of hydrogen-bond donors (Lipinski definition) is 1. The van der Waals surface area contributed by atoms with Crippen molar-refractivity contribution < 1.29 is 4.74 Å². The van der Waals surface area contributed by atoms with Crippen molar-refractivity contribution in [2.45, 2.75) is 19.4 Å². The highest BCUT2D eigenvalue weighted by Gasteiger charge is 2.10. The minimum atomic E-state index is 0.303. The van der Waals surface area contributed by atoms with Gasteiger partial charge in [0.2, 0.25) is 0 Å². The first-order valence-corrected chi connectivity index (χ1v) is 8.19. The predicted octanol–water partition coefficient (Wildman–Crippen LogP) is 6.22. The molecule has 0 aliphatic rings. The number of rotatable bonds is 5. The van der Waals surface area contributed by atoms with Gasteiger partial charge in [0.15, 0.2) is 0 Å². The van der Waals surface area contributed by atoms with Gasteiger partial charge in [-0.05, 0) is 53.2 Å². The Morgan fingerprint density at radius 2 is 1.95 bits per heavy atom. The van der Waals surface area contributed by atoms with Crippen LogP contribution in [-0.2, 0) is 0 Å². The summed E-state index contributed by atoms with van der Waals surface area (Å²) in [5.74, 6) is 1.28. The van der Waals surface area contributed by atoms with Gasteiger partial charge in [-0.3, -0.25) is 0 Å². The van der Waals surface area contributed by atoms with Crippen LogP contribution in [0.3, 0.4) is 0 Å². The zero-order chi connectivity index (χ0) is 15.4. The summed E-state index contributed by atoms with van der Waals surface area (Å²) in [6, 6.07) is 11.7. The minimum Gasteiger partial charge on any atom is -0.456 e. The van der Waals surface area contributed by atoms with Crippen LogP contribution in [0.4, 0.5) is 0 Å². The molecule has 0 aliphatic heterocycles. The average molecular weight is 389 g/mol. The molecule has 0 amide bonds. The smallest absolute Gasteiger partial charge is 0.147 e. The van der Waals surface area contributed by atoms with Gasteiger partial charge in [0.1, 0.15) is 11.5 Å². The molecule has 2 aromatic rings. The molecule has 0 aromatic heterocycles. The molecular formula is C16H16BrCl2NO. The summed E-state index contributed by atoms with van der Waals surface area (Å²) in [7, 11) is 1.95. The lowest BCUT2D eigenvalue weighted by Gasteiger charge is -2.16. The number of halogens is 3. The summed E-state index contributed by atoms with van der Waals surface area (Å²) >= 11 is 15.6. The second-order valence-electron chi connectivity index (χ2n) is 4.62. The Kier molecular flexibility index (Phi) is 5.94. The van der Waals surface area contributed by atoms with Crippen molar-refractivity contribution >= 4 is 39.1 Å². The van der Waals surface area contributed by atoms with E-state index >= 15 is 0 Å². The molecular weight excluding hydrogens is 373 g/mol. The highest BCUT2D eigenvalue weighted by atomic mass is 79.9. The van der Waals surface area contributed by atoms with Gasteiger partial charge < -0.3 is 10.1 Å². The molecule has 2 rings (SSSR count). The van der Waals surface area contributed by atoms with E-state index in [4.69, 9.17) is 27.9 Å². The molecule has 0 saturated carbocycles. The van der Waals surface area contributed by atoms with Gasteiger partial charge in [-0.15, -0.1) is 0 Å². The van der Waals surface area contributed by atoms with Gasteiger partial charge in [0, 0.05) is 16.6 Å². The third-order valence-electron chi connectivity index (χ3n) is 3.22. The van der Waals surface area contributed by atoms with Crippen LogP contribution in [-0.4, -0.2) is 7.05 Å². The molecule has 2 nitrogen and oxygen atoms in total. The second-order valence-corrected chi connectivity index (χ2v) is 6.29. The zero-order valence-electron chi connectivity index (χ0n) is 11.8. The summed E-state index contributed by atoms with van der Waals surface area (Å²) in [5.41, 5.74) is 1.18. The van der Waals surface area contributed by atoms with Crippen LogP contribution in [0.5, 0.6) is 11.5 Å². The van der Waals surface area contributed by atoms with Crippen molar-refractivity contribution in [3.05, 3.63) is 56.5 Å². The molecule has 0 spiro atoms. The highest BCUT2D eigenvalue weighted by molar-refractivity contribution is 9.10. The average Bonchev–Trinajstić information content (AvgIpc) is 2.46. The summed E-state index contributed by atoms with van der Waals surface area (Å²) < 4.78 is 6.61. The molecule has 5 heteroatoms. The van der Waals surface area contributed by atoms with Gasteiger partial charge in [-0.1, -0.05) is 42.3 Å². The Bertz CT molecular complexity index is 630. The maximum atomic E-state index is 6.18. The third kappa shape index (κ3) is 4.13. The SMILES string of the molecule is CCC(NC)c1cccc(Oc2cc(Cl)c(Br)cc2Cl)c1. The summed E-state index contributed by atoms with van der Waals surface area (Å²) in [6.45, 7) is 2.14. The Morgan fingerprint density at radius 3 is 2.62 bits per heavy atom. The van der Waals surface area contributed by atoms with E-state index in [1.165, 1.54) is 5.56 Å². The normalized spacial score (nSPS) is 12.2. The number of benzene rings is 2. The lowest BCUT2D eigenvalue weighted by molar-refractivity contribution is 0.479. The van der Waals surface area contributed by atoms with Gasteiger partial charge in [-0.25, -0.2) is 0 Å². The van der Waals surface area contributed by atoms with E-state index in [-0.39, 0.29) is 0 Å². The monoisotopic (exact) mass is 387 g/mol. The molecule has 1 N–H and O–H groups in total.